The van der Waals surface area contributed by atoms with Crippen LogP contribution in [0.5, 0.6) is 5.75 Å². The van der Waals surface area contributed by atoms with Crippen LogP contribution in [0.2, 0.25) is 0 Å². The largest absolute Gasteiger partial charge is 0.491 e. The molecule has 1 aromatic heterocycles. The zero-order valence-electron chi connectivity index (χ0n) is 17.3. The van der Waals surface area contributed by atoms with E-state index in [9.17, 15) is 9.50 Å². The topological polar surface area (TPSA) is 52.1 Å². The SMILES string of the molecule is Cc1nc2cc(OC[C@H](O)CN3CCN(N(C=S)c4ccc(F)cc4)CC3)ccc2s1. The van der Waals surface area contributed by atoms with E-state index in [0.29, 0.717) is 6.54 Å². The molecule has 164 valence electrons. The van der Waals surface area contributed by atoms with E-state index in [1.54, 1.807) is 29.0 Å². The van der Waals surface area contributed by atoms with E-state index in [1.807, 2.05) is 30.1 Å². The van der Waals surface area contributed by atoms with Crippen molar-refractivity contribution in [2.75, 3.05) is 44.3 Å². The van der Waals surface area contributed by atoms with Gasteiger partial charge in [0.2, 0.25) is 0 Å². The first-order chi connectivity index (χ1) is 15.0. The quantitative estimate of drug-likeness (QED) is 0.517. The monoisotopic (exact) mass is 460 g/mol. The number of thiocarbonyl (C=S) groups is 1. The maximum atomic E-state index is 13.2. The summed E-state index contributed by atoms with van der Waals surface area (Å²) in [5, 5.41) is 15.5. The van der Waals surface area contributed by atoms with Gasteiger partial charge >= 0.3 is 0 Å². The van der Waals surface area contributed by atoms with Gasteiger partial charge in [-0.3, -0.25) is 9.91 Å². The van der Waals surface area contributed by atoms with Gasteiger partial charge in [-0.05, 0) is 43.3 Å². The van der Waals surface area contributed by atoms with Crippen molar-refractivity contribution >= 4 is 45.0 Å². The van der Waals surface area contributed by atoms with E-state index >= 15 is 0 Å². The molecule has 1 saturated heterocycles. The molecule has 1 atom stereocenters. The third-order valence-electron chi connectivity index (χ3n) is 5.22. The first-order valence-electron chi connectivity index (χ1n) is 10.2. The Hall–Kier alpha value is -2.17. The number of ether oxygens (including phenoxy) is 1. The number of anilines is 1. The van der Waals surface area contributed by atoms with Gasteiger partial charge in [0.25, 0.3) is 0 Å². The molecule has 2 aromatic carbocycles. The Labute approximate surface area is 190 Å². The molecule has 0 amide bonds. The predicted molar refractivity (Wildman–Crippen MR) is 126 cm³/mol. The fraction of sp³-hybridized carbons (Fsp3) is 0.364. The summed E-state index contributed by atoms with van der Waals surface area (Å²) in [5.41, 5.74) is 3.34. The van der Waals surface area contributed by atoms with Crippen LogP contribution in [0.15, 0.2) is 42.5 Å². The van der Waals surface area contributed by atoms with Crippen LogP contribution in [0.1, 0.15) is 5.01 Å². The molecule has 0 radical (unpaired) electrons. The minimum Gasteiger partial charge on any atom is -0.491 e. The Morgan fingerprint density at radius 1 is 1.23 bits per heavy atom. The smallest absolute Gasteiger partial charge is 0.123 e. The number of rotatable bonds is 8. The molecule has 0 bridgehead atoms. The Balaban J connectivity index is 1.25. The summed E-state index contributed by atoms with van der Waals surface area (Å²) < 4.78 is 20.1. The second-order valence-corrected chi connectivity index (χ2v) is 8.95. The number of halogens is 1. The lowest BCUT2D eigenvalue weighted by Gasteiger charge is -2.40. The molecule has 6 nitrogen and oxygen atoms in total. The Kier molecular flexibility index (Phi) is 7.09. The van der Waals surface area contributed by atoms with Crippen molar-refractivity contribution in [2.24, 2.45) is 0 Å². The Morgan fingerprint density at radius 2 is 1.97 bits per heavy atom. The predicted octanol–water partition coefficient (Wildman–Crippen LogP) is 3.48. The summed E-state index contributed by atoms with van der Waals surface area (Å²) in [6.45, 7) is 5.87. The Morgan fingerprint density at radius 3 is 2.68 bits per heavy atom. The van der Waals surface area contributed by atoms with Crippen molar-refractivity contribution in [3.63, 3.8) is 0 Å². The average molecular weight is 461 g/mol. The molecule has 3 aromatic rings. The zero-order valence-corrected chi connectivity index (χ0v) is 18.9. The first-order valence-corrected chi connectivity index (χ1v) is 11.5. The third-order valence-corrected chi connectivity index (χ3v) is 6.37. The number of aryl methyl sites for hydroxylation is 1. The number of fused-ring (bicyclic) bond motifs is 1. The van der Waals surface area contributed by atoms with Crippen molar-refractivity contribution in [2.45, 2.75) is 13.0 Å². The van der Waals surface area contributed by atoms with Crippen LogP contribution in [0.3, 0.4) is 0 Å². The van der Waals surface area contributed by atoms with Crippen molar-refractivity contribution in [3.8, 4) is 5.75 Å². The number of β-amino-alcohol motifs (C(OH)–C–C–N with tert-alkyl or cyclic N) is 1. The highest BCUT2D eigenvalue weighted by molar-refractivity contribution is 7.79. The molecule has 1 fully saturated rings. The molecule has 31 heavy (non-hydrogen) atoms. The van der Waals surface area contributed by atoms with Gasteiger partial charge in [0.15, 0.2) is 0 Å². The van der Waals surface area contributed by atoms with Crippen LogP contribution in [-0.4, -0.2) is 70.9 Å². The summed E-state index contributed by atoms with van der Waals surface area (Å²) in [6.07, 6.45) is -0.585. The summed E-state index contributed by atoms with van der Waals surface area (Å²) >= 11 is 6.83. The van der Waals surface area contributed by atoms with Gasteiger partial charge < -0.3 is 9.84 Å². The number of aromatic nitrogens is 1. The summed E-state index contributed by atoms with van der Waals surface area (Å²) in [6, 6.07) is 12.1. The van der Waals surface area contributed by atoms with Gasteiger partial charge in [-0.15, -0.1) is 11.3 Å². The second kappa shape index (κ2) is 9.97. The van der Waals surface area contributed by atoms with E-state index in [4.69, 9.17) is 17.0 Å². The molecule has 9 heteroatoms. The third kappa shape index (κ3) is 5.55. The summed E-state index contributed by atoms with van der Waals surface area (Å²) in [7, 11) is 0. The maximum Gasteiger partial charge on any atom is 0.123 e. The molecule has 0 aliphatic carbocycles. The molecule has 0 saturated carbocycles. The number of hydrogen-bond donors (Lipinski definition) is 1. The lowest BCUT2D eigenvalue weighted by atomic mass is 10.2. The lowest BCUT2D eigenvalue weighted by Crippen LogP contribution is -2.54. The van der Waals surface area contributed by atoms with E-state index < -0.39 is 6.10 Å². The molecule has 0 spiro atoms. The number of piperazine rings is 1. The molecular formula is C22H25FN4O2S2. The van der Waals surface area contributed by atoms with Gasteiger partial charge in [-0.25, -0.2) is 14.4 Å². The van der Waals surface area contributed by atoms with Crippen LogP contribution in [0.25, 0.3) is 10.2 Å². The van der Waals surface area contributed by atoms with Gasteiger partial charge in [0.05, 0.1) is 26.4 Å². The van der Waals surface area contributed by atoms with E-state index in [1.165, 1.54) is 12.1 Å². The highest BCUT2D eigenvalue weighted by Gasteiger charge is 2.23. The molecule has 2 heterocycles. The highest BCUT2D eigenvalue weighted by Crippen LogP contribution is 2.25. The second-order valence-electron chi connectivity index (χ2n) is 7.51. The van der Waals surface area contributed by atoms with Crippen molar-refractivity contribution in [3.05, 3.63) is 53.3 Å². The summed E-state index contributed by atoms with van der Waals surface area (Å²) in [4.78, 5) is 6.69. The number of nitrogens with zero attached hydrogens (tertiary/aromatic N) is 4. The van der Waals surface area contributed by atoms with Crippen LogP contribution < -0.4 is 9.75 Å². The van der Waals surface area contributed by atoms with Crippen LogP contribution >= 0.6 is 23.6 Å². The van der Waals surface area contributed by atoms with Gasteiger partial charge in [0, 0.05) is 38.8 Å². The average Bonchev–Trinajstić information content (AvgIpc) is 3.14. The van der Waals surface area contributed by atoms with Crippen molar-refractivity contribution in [1.29, 1.82) is 0 Å². The standard InChI is InChI=1S/C22H25FN4O2S2/c1-16-24-21-12-20(6-7-22(21)31-16)29-14-19(28)13-25-8-10-26(11-9-25)27(15-30)18-4-2-17(23)3-5-18/h2-7,12,15,19,28H,8-11,13-14H2,1H3/t19-/m1/s1. The minimum atomic E-state index is -0.585. The fourth-order valence-electron chi connectivity index (χ4n) is 3.68. The first kappa shape index (κ1) is 22.0. The molecule has 1 aliphatic rings. The highest BCUT2D eigenvalue weighted by atomic mass is 32.1. The normalized spacial score (nSPS) is 16.4. The maximum absolute atomic E-state index is 13.2. The van der Waals surface area contributed by atoms with Crippen molar-refractivity contribution < 1.29 is 14.2 Å². The number of thiazole rings is 1. The molecule has 0 unspecified atom stereocenters. The lowest BCUT2D eigenvalue weighted by molar-refractivity contribution is 0.0470. The fourth-order valence-corrected chi connectivity index (χ4v) is 4.74. The number of hydrazine groups is 1. The van der Waals surface area contributed by atoms with Gasteiger partial charge in [-0.2, -0.15) is 0 Å². The number of benzene rings is 2. The molecule has 1 aliphatic heterocycles. The van der Waals surface area contributed by atoms with E-state index in [0.717, 1.165) is 52.8 Å². The van der Waals surface area contributed by atoms with E-state index in [-0.39, 0.29) is 12.4 Å². The van der Waals surface area contributed by atoms with Crippen LogP contribution in [0, 0.1) is 12.7 Å². The van der Waals surface area contributed by atoms with Crippen LogP contribution in [0.4, 0.5) is 10.1 Å². The Bertz CT molecular complexity index is 1020. The number of hydrogen-bond acceptors (Lipinski definition) is 7. The van der Waals surface area contributed by atoms with Crippen molar-refractivity contribution in [1.82, 2.24) is 14.9 Å². The summed E-state index contributed by atoms with van der Waals surface area (Å²) in [5.74, 6) is 0.452. The minimum absolute atomic E-state index is 0.233. The molecule has 1 N–H and O–H groups in total. The molecule has 4 rings (SSSR count). The van der Waals surface area contributed by atoms with Crippen LogP contribution in [-0.2, 0) is 0 Å². The zero-order chi connectivity index (χ0) is 21.8. The van der Waals surface area contributed by atoms with Gasteiger partial charge in [0.1, 0.15) is 24.3 Å². The van der Waals surface area contributed by atoms with Gasteiger partial charge in [-0.1, -0.05) is 12.2 Å². The number of aliphatic hydroxyl groups excluding tert-OH is 1. The van der Waals surface area contributed by atoms with E-state index in [2.05, 4.69) is 14.9 Å². The molecular weight excluding hydrogens is 435 g/mol. The number of aliphatic hydroxyl groups is 1.